The van der Waals surface area contributed by atoms with Gasteiger partial charge in [-0.25, -0.2) is 0 Å². The smallest absolute Gasteiger partial charge is 0.299 e. The van der Waals surface area contributed by atoms with Crippen molar-refractivity contribution < 1.29 is 53.1 Å². The van der Waals surface area contributed by atoms with Crippen LogP contribution >= 0.6 is 0 Å². The Morgan fingerprint density at radius 1 is 0.808 bits per heavy atom. The summed E-state index contributed by atoms with van der Waals surface area (Å²) in [4.78, 5) is 23.1. The number of carbonyl (C=O) groups excluding carboxylic acids is 2. The molecule has 26 heavy (non-hydrogen) atoms. The first-order chi connectivity index (χ1) is 11.3. The van der Waals surface area contributed by atoms with Gasteiger partial charge in [-0.2, -0.15) is 35.3 Å². The quantitative estimate of drug-likeness (QED) is 0.140. The first-order valence-corrected chi connectivity index (χ1v) is 11.4. The van der Waals surface area contributed by atoms with Crippen molar-refractivity contribution in [1.82, 2.24) is 5.43 Å². The van der Waals surface area contributed by atoms with Gasteiger partial charge in [0.15, 0.2) is 0 Å². The zero-order chi connectivity index (χ0) is 21.3. The second-order valence-corrected chi connectivity index (χ2v) is 10.7. The summed E-state index contributed by atoms with van der Waals surface area (Å²) in [5.41, 5.74) is 1.74. The number of rotatable bonds is 9. The topological polar surface area (TPSA) is 209 Å². The number of quaternary nitrogens is 1. The highest BCUT2D eigenvalue weighted by atomic mass is 32.2. The summed E-state index contributed by atoms with van der Waals surface area (Å²) >= 11 is 0. The maximum atomic E-state index is 12.0. The minimum atomic E-state index is -5.22. The van der Waals surface area contributed by atoms with Crippen LogP contribution in [0.4, 0.5) is 0 Å². The molecule has 0 saturated heterocycles. The molecule has 0 aliphatic rings. The standard InChI is InChI=1S/C10H20N2O11S3/c1-6(13)5-10(14)11-12(7(2)24(15,16)17,8(3)25(18,19)20)9(4)26(21,22)23/h7-9H,5H2,1-4H3,(H3-,11,14,15,16,17,18,19,20,21,22,23)/p+1. The molecule has 0 aromatic heterocycles. The highest BCUT2D eigenvalue weighted by molar-refractivity contribution is 7.87. The summed E-state index contributed by atoms with van der Waals surface area (Å²) in [5.74, 6) is -2.04. The second kappa shape index (κ2) is 7.83. The first kappa shape index (κ1) is 24.8. The van der Waals surface area contributed by atoms with Crippen LogP contribution in [-0.2, 0) is 39.9 Å². The molecule has 0 radical (unpaired) electrons. The third-order valence-corrected chi connectivity index (χ3v) is 7.46. The Morgan fingerprint density at radius 2 is 1.08 bits per heavy atom. The molecule has 0 bridgehead atoms. The normalized spacial score (nSPS) is 19.0. The average Bonchev–Trinajstić information content (AvgIpc) is 2.38. The number of Topliss-reactive ketones (excluding diaryl/α,β-unsaturated/α-hetero) is 1. The van der Waals surface area contributed by atoms with Crippen LogP contribution in [0.1, 0.15) is 34.1 Å². The predicted molar refractivity (Wildman–Crippen MR) is 86.7 cm³/mol. The number of carbonyl (C=O) groups is 2. The zero-order valence-electron chi connectivity index (χ0n) is 14.2. The van der Waals surface area contributed by atoms with Crippen LogP contribution in [-0.4, -0.2) is 71.3 Å². The molecular formula is C10H21N2O11S3+. The van der Waals surface area contributed by atoms with E-state index in [0.717, 1.165) is 6.92 Å². The summed E-state index contributed by atoms with van der Waals surface area (Å²) in [7, 11) is -15.7. The summed E-state index contributed by atoms with van der Waals surface area (Å²) in [5, 5.41) is -7.15. The van der Waals surface area contributed by atoms with Crippen molar-refractivity contribution in [3.05, 3.63) is 0 Å². The summed E-state index contributed by atoms with van der Waals surface area (Å²) in [6.07, 6.45) is -0.894. The van der Waals surface area contributed by atoms with Crippen LogP contribution in [0, 0.1) is 0 Å². The molecule has 0 aromatic carbocycles. The van der Waals surface area contributed by atoms with Crippen molar-refractivity contribution in [2.75, 3.05) is 0 Å². The van der Waals surface area contributed by atoms with Gasteiger partial charge in [0.25, 0.3) is 5.91 Å². The molecule has 0 spiro atoms. The summed E-state index contributed by atoms with van der Waals surface area (Å²) in [6.45, 7) is 2.91. The van der Waals surface area contributed by atoms with E-state index in [-0.39, 0.29) is 0 Å². The average molecular weight is 441 g/mol. The molecule has 0 saturated carbocycles. The van der Waals surface area contributed by atoms with Gasteiger partial charge in [-0.1, -0.05) is 0 Å². The van der Waals surface area contributed by atoms with E-state index in [0.29, 0.717) is 20.8 Å². The zero-order valence-corrected chi connectivity index (χ0v) is 16.7. The second-order valence-electron chi connectivity index (χ2n) is 5.59. The van der Waals surface area contributed by atoms with Gasteiger partial charge in [0, 0.05) is 20.8 Å². The Labute approximate surface area is 151 Å². The van der Waals surface area contributed by atoms with Gasteiger partial charge in [-0.3, -0.25) is 23.2 Å². The predicted octanol–water partition coefficient (Wildman–Crippen LogP) is -1.49. The fourth-order valence-electron chi connectivity index (χ4n) is 2.30. The maximum absolute atomic E-state index is 12.0. The molecule has 0 aromatic rings. The van der Waals surface area contributed by atoms with Gasteiger partial charge in [0.1, 0.15) is 5.78 Å². The van der Waals surface area contributed by atoms with E-state index in [4.69, 9.17) is 0 Å². The van der Waals surface area contributed by atoms with Crippen LogP contribution < -0.4 is 5.43 Å². The van der Waals surface area contributed by atoms with E-state index in [1.807, 2.05) is 0 Å². The lowest BCUT2D eigenvalue weighted by Crippen LogP contribution is -2.76. The van der Waals surface area contributed by atoms with Crippen molar-refractivity contribution in [2.45, 2.75) is 50.2 Å². The minimum absolute atomic E-state index is 0.646. The Balaban J connectivity index is 6.93. The van der Waals surface area contributed by atoms with E-state index in [2.05, 4.69) is 0 Å². The lowest BCUT2D eigenvalue weighted by molar-refractivity contribution is -0.986. The van der Waals surface area contributed by atoms with E-state index in [1.54, 1.807) is 5.43 Å². The molecule has 4 N–H and O–H groups in total. The van der Waals surface area contributed by atoms with E-state index >= 15 is 0 Å². The fourth-order valence-corrected chi connectivity index (χ4v) is 5.11. The molecule has 16 heteroatoms. The fraction of sp³-hybridized carbons (Fsp3) is 0.800. The van der Waals surface area contributed by atoms with Gasteiger partial charge < -0.3 is 0 Å². The van der Waals surface area contributed by atoms with E-state index < -0.39 is 69.2 Å². The molecule has 3 unspecified atom stereocenters. The summed E-state index contributed by atoms with van der Waals surface area (Å²) in [6, 6.07) is 0. The highest BCUT2D eigenvalue weighted by Crippen LogP contribution is 2.29. The highest BCUT2D eigenvalue weighted by Gasteiger charge is 2.59. The molecule has 3 atom stereocenters. The largest absolute Gasteiger partial charge is 0.321 e. The van der Waals surface area contributed by atoms with Gasteiger partial charge in [0.05, 0.1) is 6.42 Å². The Morgan fingerprint density at radius 3 is 1.27 bits per heavy atom. The minimum Gasteiger partial charge on any atom is -0.299 e. The SMILES string of the molecule is CC(=O)CC(=O)N[N+](C(C)S(=O)(=O)O)(C(C)S(=O)(=O)O)C(C)S(=O)(=O)O. The van der Waals surface area contributed by atoms with Crippen LogP contribution in [0.3, 0.4) is 0 Å². The van der Waals surface area contributed by atoms with Gasteiger partial charge in [-0.15, -0.1) is 0 Å². The van der Waals surface area contributed by atoms with E-state index in [1.165, 1.54) is 0 Å². The lowest BCUT2D eigenvalue weighted by atomic mass is 10.3. The van der Waals surface area contributed by atoms with Crippen LogP contribution in [0.2, 0.25) is 0 Å². The Hall–Kier alpha value is -1.17. The molecule has 0 aliphatic heterocycles. The number of nitrogens with zero attached hydrogens (tertiary/aromatic N) is 1. The van der Waals surface area contributed by atoms with Crippen molar-refractivity contribution in [2.24, 2.45) is 0 Å². The van der Waals surface area contributed by atoms with Gasteiger partial charge in [-0.05, 0) is 6.92 Å². The van der Waals surface area contributed by atoms with Crippen molar-refractivity contribution in [3.63, 3.8) is 0 Å². The first-order valence-electron chi connectivity index (χ1n) is 6.85. The van der Waals surface area contributed by atoms with Gasteiger partial charge >= 0.3 is 30.4 Å². The van der Waals surface area contributed by atoms with Gasteiger partial charge in [0.2, 0.25) is 16.1 Å². The summed E-state index contributed by atoms with van der Waals surface area (Å²) < 4.78 is 95.6. The van der Waals surface area contributed by atoms with E-state index in [9.17, 15) is 48.5 Å². The lowest BCUT2D eigenvalue weighted by Gasteiger charge is -2.45. The molecule has 13 nitrogen and oxygen atoms in total. The number of amides is 1. The van der Waals surface area contributed by atoms with Crippen molar-refractivity contribution in [3.8, 4) is 0 Å². The van der Waals surface area contributed by atoms with Crippen molar-refractivity contribution >= 4 is 42.0 Å². The number of hydrogen-bond acceptors (Lipinski definition) is 8. The van der Waals surface area contributed by atoms with Crippen LogP contribution in [0.25, 0.3) is 0 Å². The number of ketones is 1. The van der Waals surface area contributed by atoms with Crippen LogP contribution in [0.5, 0.6) is 0 Å². The van der Waals surface area contributed by atoms with Crippen molar-refractivity contribution in [1.29, 1.82) is 0 Å². The molecule has 154 valence electrons. The Kier molecular flexibility index (Phi) is 7.48. The molecule has 0 fully saturated rings. The number of hydrogen-bond donors (Lipinski definition) is 4. The third kappa shape index (κ3) is 5.66. The molecule has 0 aliphatic carbocycles. The molecule has 0 heterocycles. The molecule has 0 rings (SSSR count). The molecule has 1 amide bonds. The van der Waals surface area contributed by atoms with Crippen LogP contribution in [0.15, 0.2) is 0 Å². The number of nitrogens with one attached hydrogen (secondary N) is 1. The maximum Gasteiger partial charge on any atom is 0.321 e. The molecular weight excluding hydrogens is 420 g/mol. The monoisotopic (exact) mass is 441 g/mol. The Bertz CT molecular complexity index is 782. The third-order valence-electron chi connectivity index (χ3n) is 3.83.